The summed E-state index contributed by atoms with van der Waals surface area (Å²) in [5.41, 5.74) is 1.38. The van der Waals surface area contributed by atoms with Crippen molar-refractivity contribution in [2.45, 2.75) is 59.8 Å². The molecule has 0 bridgehead atoms. The molecule has 3 aromatic carbocycles. The highest BCUT2D eigenvalue weighted by Crippen LogP contribution is 2.43. The SMILES string of the molecule is CCCOc1c2ccccc2c(OCCC)c2cc(CCCC(C)C)ccc12. The third-order valence-corrected chi connectivity index (χ3v) is 5.14. The summed E-state index contributed by atoms with van der Waals surface area (Å²) >= 11 is 0. The highest BCUT2D eigenvalue weighted by atomic mass is 16.5. The van der Waals surface area contributed by atoms with Gasteiger partial charge >= 0.3 is 0 Å². The maximum atomic E-state index is 6.28. The standard InChI is InChI=1S/C26H34O2/c1-5-16-27-25-21-12-7-8-13-22(21)26(28-17-6-2)24-18-20(14-15-23(24)25)11-9-10-19(3)4/h7-8,12-15,18-19H,5-6,9-11,16-17H2,1-4H3. The van der Waals surface area contributed by atoms with Crippen LogP contribution in [0.4, 0.5) is 0 Å². The summed E-state index contributed by atoms with van der Waals surface area (Å²) in [6, 6.07) is 15.3. The van der Waals surface area contributed by atoms with E-state index >= 15 is 0 Å². The van der Waals surface area contributed by atoms with Crippen molar-refractivity contribution in [1.82, 2.24) is 0 Å². The lowest BCUT2D eigenvalue weighted by Crippen LogP contribution is -2.01. The van der Waals surface area contributed by atoms with E-state index in [0.717, 1.165) is 66.1 Å². The molecule has 0 fully saturated rings. The molecule has 0 unspecified atom stereocenters. The van der Waals surface area contributed by atoms with Crippen molar-refractivity contribution in [1.29, 1.82) is 0 Å². The zero-order chi connectivity index (χ0) is 19.9. The van der Waals surface area contributed by atoms with E-state index in [1.54, 1.807) is 0 Å². The molecule has 0 heterocycles. The number of aryl methyl sites for hydroxylation is 1. The van der Waals surface area contributed by atoms with Crippen LogP contribution in [0.3, 0.4) is 0 Å². The number of hydrogen-bond acceptors (Lipinski definition) is 2. The maximum absolute atomic E-state index is 6.28. The Kier molecular flexibility index (Phi) is 7.19. The zero-order valence-electron chi connectivity index (χ0n) is 17.9. The van der Waals surface area contributed by atoms with Crippen molar-refractivity contribution >= 4 is 21.5 Å². The van der Waals surface area contributed by atoms with Gasteiger partial charge in [-0.2, -0.15) is 0 Å². The van der Waals surface area contributed by atoms with Crippen molar-refractivity contribution in [3.8, 4) is 11.5 Å². The fourth-order valence-corrected chi connectivity index (χ4v) is 3.74. The molecule has 0 spiro atoms. The van der Waals surface area contributed by atoms with Crippen molar-refractivity contribution in [3.63, 3.8) is 0 Å². The van der Waals surface area contributed by atoms with Crippen molar-refractivity contribution in [3.05, 3.63) is 48.0 Å². The third-order valence-electron chi connectivity index (χ3n) is 5.14. The van der Waals surface area contributed by atoms with Crippen molar-refractivity contribution in [2.75, 3.05) is 13.2 Å². The molecule has 0 aliphatic carbocycles. The molecule has 0 aromatic heterocycles. The average molecular weight is 379 g/mol. The number of fused-ring (bicyclic) bond motifs is 2. The minimum absolute atomic E-state index is 0.727. The summed E-state index contributed by atoms with van der Waals surface area (Å²) in [6.07, 6.45) is 5.59. The minimum Gasteiger partial charge on any atom is -0.492 e. The van der Waals surface area contributed by atoms with Crippen LogP contribution in [0.25, 0.3) is 21.5 Å². The minimum atomic E-state index is 0.727. The van der Waals surface area contributed by atoms with Crippen molar-refractivity contribution in [2.24, 2.45) is 5.92 Å². The van der Waals surface area contributed by atoms with Gasteiger partial charge in [0.2, 0.25) is 0 Å². The molecular formula is C26H34O2. The van der Waals surface area contributed by atoms with Gasteiger partial charge in [-0.15, -0.1) is 0 Å². The zero-order valence-corrected chi connectivity index (χ0v) is 17.9. The summed E-state index contributed by atoms with van der Waals surface area (Å²) < 4.78 is 12.5. The van der Waals surface area contributed by atoms with Gasteiger partial charge in [-0.05, 0) is 43.2 Å². The van der Waals surface area contributed by atoms with E-state index in [-0.39, 0.29) is 0 Å². The second-order valence-corrected chi connectivity index (χ2v) is 8.07. The fraction of sp³-hybridized carbons (Fsp3) is 0.462. The monoisotopic (exact) mass is 378 g/mol. The molecule has 3 rings (SSSR count). The number of ether oxygens (including phenoxy) is 2. The van der Waals surface area contributed by atoms with E-state index in [4.69, 9.17) is 9.47 Å². The first-order chi connectivity index (χ1) is 13.7. The van der Waals surface area contributed by atoms with Gasteiger partial charge in [-0.3, -0.25) is 0 Å². The summed E-state index contributed by atoms with van der Waals surface area (Å²) in [6.45, 7) is 10.3. The molecule has 0 saturated heterocycles. The molecule has 150 valence electrons. The normalized spacial score (nSPS) is 11.5. The molecule has 2 nitrogen and oxygen atoms in total. The lowest BCUT2D eigenvalue weighted by atomic mass is 9.96. The lowest BCUT2D eigenvalue weighted by Gasteiger charge is -2.18. The molecule has 0 amide bonds. The number of rotatable bonds is 10. The van der Waals surface area contributed by atoms with Gasteiger partial charge in [-0.25, -0.2) is 0 Å². The van der Waals surface area contributed by atoms with Gasteiger partial charge in [-0.1, -0.05) is 70.5 Å². The highest BCUT2D eigenvalue weighted by Gasteiger charge is 2.16. The van der Waals surface area contributed by atoms with Crippen LogP contribution in [0.15, 0.2) is 42.5 Å². The van der Waals surface area contributed by atoms with Crippen LogP contribution in [0, 0.1) is 5.92 Å². The first-order valence-corrected chi connectivity index (χ1v) is 10.9. The lowest BCUT2D eigenvalue weighted by molar-refractivity contribution is 0.319. The van der Waals surface area contributed by atoms with Crippen LogP contribution >= 0.6 is 0 Å². The van der Waals surface area contributed by atoms with E-state index in [1.165, 1.54) is 23.8 Å². The topological polar surface area (TPSA) is 18.5 Å². The van der Waals surface area contributed by atoms with Crippen LogP contribution in [-0.2, 0) is 6.42 Å². The van der Waals surface area contributed by atoms with Gasteiger partial charge in [0.25, 0.3) is 0 Å². The fourth-order valence-electron chi connectivity index (χ4n) is 3.74. The van der Waals surface area contributed by atoms with Gasteiger partial charge < -0.3 is 9.47 Å². The third kappa shape index (κ3) is 4.60. The second-order valence-electron chi connectivity index (χ2n) is 8.07. The quantitative estimate of drug-likeness (QED) is 0.339. The number of hydrogen-bond donors (Lipinski definition) is 0. The maximum Gasteiger partial charge on any atom is 0.135 e. The predicted octanol–water partition coefficient (Wildman–Crippen LogP) is 7.55. The molecule has 0 radical (unpaired) electrons. The summed E-state index contributed by atoms with van der Waals surface area (Å²) in [5.74, 6) is 2.74. The Labute approximate surface area is 169 Å². The molecule has 3 aromatic rings. The molecule has 0 saturated carbocycles. The van der Waals surface area contributed by atoms with Crippen LogP contribution < -0.4 is 9.47 Å². The van der Waals surface area contributed by atoms with Crippen LogP contribution in [0.1, 0.15) is 58.9 Å². The van der Waals surface area contributed by atoms with E-state index in [9.17, 15) is 0 Å². The van der Waals surface area contributed by atoms with E-state index in [1.807, 2.05) is 0 Å². The van der Waals surface area contributed by atoms with Crippen LogP contribution in [-0.4, -0.2) is 13.2 Å². The Bertz CT molecular complexity index is 911. The van der Waals surface area contributed by atoms with E-state index in [0.29, 0.717) is 0 Å². The summed E-state index contributed by atoms with van der Waals surface area (Å²) in [7, 11) is 0. The van der Waals surface area contributed by atoms with Crippen LogP contribution in [0.5, 0.6) is 11.5 Å². The smallest absolute Gasteiger partial charge is 0.135 e. The Morgan fingerprint density at radius 2 is 1.32 bits per heavy atom. The molecule has 2 heteroatoms. The van der Waals surface area contributed by atoms with Crippen LogP contribution in [0.2, 0.25) is 0 Å². The van der Waals surface area contributed by atoms with E-state index in [2.05, 4.69) is 70.2 Å². The number of benzene rings is 3. The van der Waals surface area contributed by atoms with Crippen molar-refractivity contribution < 1.29 is 9.47 Å². The molecule has 28 heavy (non-hydrogen) atoms. The Morgan fingerprint density at radius 1 is 0.750 bits per heavy atom. The molecule has 0 N–H and O–H groups in total. The Balaban J connectivity index is 2.14. The predicted molar refractivity (Wildman–Crippen MR) is 121 cm³/mol. The van der Waals surface area contributed by atoms with Gasteiger partial charge in [0.15, 0.2) is 0 Å². The molecular weight excluding hydrogens is 344 g/mol. The van der Waals surface area contributed by atoms with Gasteiger partial charge in [0.05, 0.1) is 13.2 Å². The molecule has 0 aliphatic heterocycles. The summed E-state index contributed by atoms with van der Waals surface area (Å²) in [5, 5.41) is 4.63. The Hall–Kier alpha value is -2.22. The van der Waals surface area contributed by atoms with E-state index < -0.39 is 0 Å². The first kappa shape index (κ1) is 20.5. The molecule has 0 aliphatic rings. The molecule has 0 atom stereocenters. The largest absolute Gasteiger partial charge is 0.492 e. The first-order valence-electron chi connectivity index (χ1n) is 10.9. The van der Waals surface area contributed by atoms with Gasteiger partial charge in [0.1, 0.15) is 11.5 Å². The second kappa shape index (κ2) is 9.82. The highest BCUT2D eigenvalue weighted by molar-refractivity contribution is 6.11. The summed E-state index contributed by atoms with van der Waals surface area (Å²) in [4.78, 5) is 0. The Morgan fingerprint density at radius 3 is 1.89 bits per heavy atom. The van der Waals surface area contributed by atoms with Gasteiger partial charge in [0, 0.05) is 21.5 Å². The average Bonchev–Trinajstić information content (AvgIpc) is 2.70.